The standard InChI is InChI=1S/C38H34N3/c1-4-16-33-30(13-1)22-23-31-14-2-5-17-34(31)38-21-9-12-26-41(38)29-32-15-3-6-18-35(32)37-20-8-11-25-40(37)28-27-39-24-10-7-19-36(33)39/h1-21,24-26H,22-23,27-29H2/q+3. The van der Waals surface area contributed by atoms with E-state index < -0.39 is 0 Å². The van der Waals surface area contributed by atoms with Crippen molar-refractivity contribution < 1.29 is 13.7 Å². The van der Waals surface area contributed by atoms with E-state index in [4.69, 9.17) is 0 Å². The van der Waals surface area contributed by atoms with Gasteiger partial charge in [0.15, 0.2) is 25.1 Å². The molecule has 0 fully saturated rings. The lowest BCUT2D eigenvalue weighted by molar-refractivity contribution is -0.768. The molecule has 0 saturated carbocycles. The molecule has 0 aliphatic carbocycles. The lowest BCUT2D eigenvalue weighted by Gasteiger charge is -2.12. The molecular weight excluding hydrogens is 498 g/mol. The number of hydrogen-bond donors (Lipinski definition) is 0. The molecule has 7 rings (SSSR count). The highest BCUT2D eigenvalue weighted by Crippen LogP contribution is 2.27. The van der Waals surface area contributed by atoms with Crippen LogP contribution in [-0.4, -0.2) is 0 Å². The molecule has 3 heteroatoms. The number of pyridine rings is 3. The predicted molar refractivity (Wildman–Crippen MR) is 163 cm³/mol. The molecule has 4 heterocycles. The maximum Gasteiger partial charge on any atom is 0.213 e. The molecule has 0 N–H and O–H groups in total. The van der Waals surface area contributed by atoms with Crippen molar-refractivity contribution in [3.8, 4) is 33.8 Å². The quantitative estimate of drug-likeness (QED) is 0.201. The molecule has 41 heavy (non-hydrogen) atoms. The number of nitrogens with zero attached hydrogens (tertiary/aromatic N) is 3. The van der Waals surface area contributed by atoms with Crippen LogP contribution < -0.4 is 13.7 Å². The number of rotatable bonds is 0. The third kappa shape index (κ3) is 5.07. The van der Waals surface area contributed by atoms with Gasteiger partial charge in [0.05, 0.1) is 5.56 Å². The van der Waals surface area contributed by atoms with Gasteiger partial charge in [-0.05, 0) is 60.4 Å². The van der Waals surface area contributed by atoms with Crippen LogP contribution in [0.2, 0.25) is 0 Å². The fourth-order valence-corrected chi connectivity index (χ4v) is 6.24. The summed E-state index contributed by atoms with van der Waals surface area (Å²) in [5.41, 5.74) is 11.7. The number of benzene rings is 3. The number of aryl methyl sites for hydroxylation is 4. The monoisotopic (exact) mass is 532 g/mol. The molecule has 1 aliphatic rings. The van der Waals surface area contributed by atoms with E-state index in [1.165, 1.54) is 50.5 Å². The van der Waals surface area contributed by atoms with Crippen LogP contribution in [-0.2, 0) is 32.5 Å². The van der Waals surface area contributed by atoms with Gasteiger partial charge < -0.3 is 0 Å². The molecule has 0 atom stereocenters. The highest BCUT2D eigenvalue weighted by atomic mass is 15.0. The molecule has 3 aromatic heterocycles. The van der Waals surface area contributed by atoms with Crippen LogP contribution in [0.5, 0.6) is 0 Å². The third-order valence-corrected chi connectivity index (χ3v) is 8.29. The lowest BCUT2D eigenvalue weighted by Crippen LogP contribution is -2.46. The van der Waals surface area contributed by atoms with E-state index in [-0.39, 0.29) is 0 Å². The van der Waals surface area contributed by atoms with Gasteiger partial charge in [-0.25, -0.2) is 0 Å². The smallest absolute Gasteiger partial charge is 0.194 e. The molecule has 0 amide bonds. The Hall–Kier alpha value is -4.89. The maximum atomic E-state index is 2.41. The first-order valence-electron chi connectivity index (χ1n) is 14.6. The Kier molecular flexibility index (Phi) is 6.92. The highest BCUT2D eigenvalue weighted by Gasteiger charge is 2.24. The van der Waals surface area contributed by atoms with Crippen molar-refractivity contribution in [3.05, 3.63) is 163 Å². The second-order valence-corrected chi connectivity index (χ2v) is 10.7. The fourth-order valence-electron chi connectivity index (χ4n) is 6.24. The Morgan fingerprint density at radius 1 is 0.341 bits per heavy atom. The first kappa shape index (κ1) is 25.1. The van der Waals surface area contributed by atoms with Gasteiger partial charge in [-0.1, -0.05) is 54.6 Å². The van der Waals surface area contributed by atoms with Crippen molar-refractivity contribution in [1.82, 2.24) is 0 Å². The summed E-state index contributed by atoms with van der Waals surface area (Å²) in [4.78, 5) is 0. The average molecular weight is 533 g/mol. The first-order chi connectivity index (χ1) is 20.3. The second-order valence-electron chi connectivity index (χ2n) is 10.7. The minimum Gasteiger partial charge on any atom is -0.194 e. The second kappa shape index (κ2) is 11.3. The van der Waals surface area contributed by atoms with Crippen LogP contribution >= 0.6 is 0 Å². The normalized spacial score (nSPS) is 12.9. The van der Waals surface area contributed by atoms with E-state index in [1.54, 1.807) is 0 Å². The Balaban J connectivity index is 1.44. The molecule has 198 valence electrons. The van der Waals surface area contributed by atoms with E-state index in [2.05, 4.69) is 160 Å². The molecule has 0 radical (unpaired) electrons. The summed E-state index contributed by atoms with van der Waals surface area (Å²) in [5.74, 6) is 0. The van der Waals surface area contributed by atoms with Crippen molar-refractivity contribution in [2.45, 2.75) is 32.5 Å². The van der Waals surface area contributed by atoms with Gasteiger partial charge in [-0.2, -0.15) is 13.7 Å². The molecule has 3 aromatic carbocycles. The number of aromatic nitrogens is 3. The van der Waals surface area contributed by atoms with Crippen molar-refractivity contribution in [3.63, 3.8) is 0 Å². The summed E-state index contributed by atoms with van der Waals surface area (Å²) in [6.45, 7) is 2.56. The summed E-state index contributed by atoms with van der Waals surface area (Å²) < 4.78 is 7.22. The fraction of sp³-hybridized carbons (Fsp3) is 0.132. The van der Waals surface area contributed by atoms with Crippen molar-refractivity contribution in [2.24, 2.45) is 0 Å². The number of fused-ring (bicyclic) bond motifs is 9. The SMILES string of the molecule is c1ccc2c(c1)CCc1ccccc1-c1cccc[n+]1Cc1ccccc1-c1cccc[n+]1CC[n+]1ccccc1-2. The van der Waals surface area contributed by atoms with Crippen LogP contribution in [0.15, 0.2) is 146 Å². The van der Waals surface area contributed by atoms with Gasteiger partial charge in [0, 0.05) is 53.1 Å². The zero-order valence-electron chi connectivity index (χ0n) is 23.2. The minimum absolute atomic E-state index is 0.802. The Morgan fingerprint density at radius 2 is 0.707 bits per heavy atom. The number of hydrogen-bond acceptors (Lipinski definition) is 0. The van der Waals surface area contributed by atoms with Crippen molar-refractivity contribution in [2.75, 3.05) is 0 Å². The molecular formula is C38H34N3+3. The molecule has 0 spiro atoms. The zero-order valence-corrected chi connectivity index (χ0v) is 23.2. The summed E-state index contributed by atoms with van der Waals surface area (Å²) >= 11 is 0. The summed E-state index contributed by atoms with van der Waals surface area (Å²) in [6, 6.07) is 46.4. The first-order valence-corrected chi connectivity index (χ1v) is 14.6. The van der Waals surface area contributed by atoms with Gasteiger partial charge in [0.25, 0.3) is 0 Å². The van der Waals surface area contributed by atoms with Gasteiger partial charge in [-0.3, -0.25) is 0 Å². The molecule has 3 nitrogen and oxygen atoms in total. The van der Waals surface area contributed by atoms with Gasteiger partial charge in [0.1, 0.15) is 0 Å². The van der Waals surface area contributed by atoms with Crippen LogP contribution in [0.4, 0.5) is 0 Å². The van der Waals surface area contributed by atoms with Crippen LogP contribution in [0, 0.1) is 0 Å². The highest BCUT2D eigenvalue weighted by molar-refractivity contribution is 5.64. The largest absolute Gasteiger partial charge is 0.213 e. The average Bonchev–Trinajstić information content (AvgIpc) is 3.04. The Bertz CT molecular complexity index is 1700. The van der Waals surface area contributed by atoms with E-state index in [9.17, 15) is 0 Å². The molecule has 6 aromatic rings. The zero-order chi connectivity index (χ0) is 27.4. The summed E-state index contributed by atoms with van der Waals surface area (Å²) in [7, 11) is 0. The maximum absolute atomic E-state index is 2.41. The molecule has 0 bridgehead atoms. The van der Waals surface area contributed by atoms with Gasteiger partial charge in [0.2, 0.25) is 30.2 Å². The van der Waals surface area contributed by atoms with Crippen LogP contribution in [0.25, 0.3) is 33.8 Å². The lowest BCUT2D eigenvalue weighted by atomic mass is 9.94. The Morgan fingerprint density at radius 3 is 1.22 bits per heavy atom. The molecule has 0 unspecified atom stereocenters. The van der Waals surface area contributed by atoms with E-state index in [0.29, 0.717) is 0 Å². The van der Waals surface area contributed by atoms with Crippen molar-refractivity contribution >= 4 is 0 Å². The predicted octanol–water partition coefficient (Wildman–Crippen LogP) is 6.40. The van der Waals surface area contributed by atoms with E-state index >= 15 is 0 Å². The molecule has 0 saturated heterocycles. The van der Waals surface area contributed by atoms with Gasteiger partial charge in [-0.15, -0.1) is 0 Å². The summed E-state index contributed by atoms with van der Waals surface area (Å²) in [5, 5.41) is 0. The van der Waals surface area contributed by atoms with Crippen LogP contribution in [0.3, 0.4) is 0 Å². The minimum atomic E-state index is 0.802. The van der Waals surface area contributed by atoms with Gasteiger partial charge >= 0.3 is 0 Å². The Labute approximate surface area is 242 Å². The molecule has 1 aliphatic heterocycles. The summed E-state index contributed by atoms with van der Waals surface area (Å²) in [6.07, 6.45) is 8.62. The van der Waals surface area contributed by atoms with E-state index in [0.717, 1.165) is 32.5 Å². The third-order valence-electron chi connectivity index (χ3n) is 8.29. The topological polar surface area (TPSA) is 11.6 Å². The van der Waals surface area contributed by atoms with Crippen LogP contribution in [0.1, 0.15) is 16.7 Å². The van der Waals surface area contributed by atoms with Crippen molar-refractivity contribution in [1.29, 1.82) is 0 Å². The van der Waals surface area contributed by atoms with E-state index in [1.807, 2.05) is 0 Å².